The van der Waals surface area contributed by atoms with Gasteiger partial charge in [0.2, 0.25) is 11.8 Å². The fourth-order valence-corrected chi connectivity index (χ4v) is 3.68. The Bertz CT molecular complexity index is 1100. The molecular formula is C25H29N3O6. The number of anilines is 1. The van der Waals surface area contributed by atoms with Crippen LogP contribution in [0.25, 0.3) is 0 Å². The standard InChI is InChI=1S/C25H29N3O6/c1-15(29)28(26-23(31)16-7-9-17(10-8-16)25(2,3)4)21-14-22(30)27(24(21)32)18-11-19(33-5)13-20(12-18)34-6/h7-13,21H,14H2,1-6H3,(H,26,31). The molecule has 0 aromatic heterocycles. The van der Waals surface area contributed by atoms with E-state index in [1.807, 2.05) is 12.1 Å². The first-order valence-corrected chi connectivity index (χ1v) is 10.8. The first-order valence-electron chi connectivity index (χ1n) is 10.8. The summed E-state index contributed by atoms with van der Waals surface area (Å²) in [7, 11) is 2.91. The van der Waals surface area contributed by atoms with Gasteiger partial charge in [0, 0.05) is 30.7 Å². The lowest BCUT2D eigenvalue weighted by Gasteiger charge is -2.27. The van der Waals surface area contributed by atoms with Crippen molar-refractivity contribution in [3.8, 4) is 11.5 Å². The van der Waals surface area contributed by atoms with Crippen molar-refractivity contribution in [2.75, 3.05) is 19.1 Å². The van der Waals surface area contributed by atoms with Gasteiger partial charge in [-0.05, 0) is 23.1 Å². The number of amides is 4. The number of hydrogen-bond donors (Lipinski definition) is 1. The number of nitrogens with zero attached hydrogens (tertiary/aromatic N) is 2. The van der Waals surface area contributed by atoms with Crippen LogP contribution in [0.1, 0.15) is 50.0 Å². The van der Waals surface area contributed by atoms with E-state index in [-0.39, 0.29) is 17.5 Å². The second kappa shape index (κ2) is 9.54. The average molecular weight is 468 g/mol. The summed E-state index contributed by atoms with van der Waals surface area (Å²) < 4.78 is 10.4. The Labute approximate surface area is 198 Å². The number of carbonyl (C=O) groups is 4. The third kappa shape index (κ3) is 5.03. The number of ether oxygens (including phenoxy) is 2. The zero-order valence-corrected chi connectivity index (χ0v) is 20.2. The number of hydrazine groups is 1. The second-order valence-corrected chi connectivity index (χ2v) is 9.02. The highest BCUT2D eigenvalue weighted by Gasteiger charge is 2.45. The normalized spacial score (nSPS) is 15.8. The maximum atomic E-state index is 13.2. The minimum Gasteiger partial charge on any atom is -0.497 e. The van der Waals surface area contributed by atoms with Crippen molar-refractivity contribution in [2.45, 2.75) is 45.6 Å². The Morgan fingerprint density at radius 2 is 1.56 bits per heavy atom. The molecule has 2 aromatic carbocycles. The predicted octanol–water partition coefficient (Wildman–Crippen LogP) is 2.83. The van der Waals surface area contributed by atoms with Gasteiger partial charge in [0.15, 0.2) is 0 Å². The van der Waals surface area contributed by atoms with Crippen molar-refractivity contribution >= 4 is 29.3 Å². The van der Waals surface area contributed by atoms with Crippen LogP contribution >= 0.6 is 0 Å². The van der Waals surface area contributed by atoms with Gasteiger partial charge >= 0.3 is 0 Å². The maximum Gasteiger partial charge on any atom is 0.269 e. The molecule has 0 radical (unpaired) electrons. The molecule has 1 saturated heterocycles. The number of methoxy groups -OCH3 is 2. The van der Waals surface area contributed by atoms with E-state index in [0.717, 1.165) is 15.5 Å². The van der Waals surface area contributed by atoms with E-state index in [1.165, 1.54) is 33.3 Å². The molecule has 9 nitrogen and oxygen atoms in total. The Morgan fingerprint density at radius 3 is 2.03 bits per heavy atom. The molecule has 0 spiro atoms. The molecule has 9 heteroatoms. The van der Waals surface area contributed by atoms with Crippen LogP contribution in [0, 0.1) is 0 Å². The van der Waals surface area contributed by atoms with Crippen LogP contribution in [0.5, 0.6) is 11.5 Å². The van der Waals surface area contributed by atoms with E-state index >= 15 is 0 Å². The molecule has 1 heterocycles. The summed E-state index contributed by atoms with van der Waals surface area (Å²) in [5.41, 5.74) is 4.04. The van der Waals surface area contributed by atoms with Crippen LogP contribution in [-0.2, 0) is 19.8 Å². The Balaban J connectivity index is 1.84. The van der Waals surface area contributed by atoms with Gasteiger partial charge in [0.05, 0.1) is 26.3 Å². The number of carbonyl (C=O) groups excluding carboxylic acids is 4. The molecule has 3 rings (SSSR count). The van der Waals surface area contributed by atoms with Gasteiger partial charge in [-0.15, -0.1) is 0 Å². The van der Waals surface area contributed by atoms with Gasteiger partial charge in [0.1, 0.15) is 17.5 Å². The van der Waals surface area contributed by atoms with Crippen LogP contribution in [0.3, 0.4) is 0 Å². The molecule has 4 amide bonds. The summed E-state index contributed by atoms with van der Waals surface area (Å²) in [4.78, 5) is 52.2. The highest BCUT2D eigenvalue weighted by atomic mass is 16.5. The minimum atomic E-state index is -1.18. The molecule has 0 bridgehead atoms. The van der Waals surface area contributed by atoms with Crippen molar-refractivity contribution in [1.29, 1.82) is 0 Å². The molecule has 0 saturated carbocycles. The number of hydrogen-bond acceptors (Lipinski definition) is 6. The molecule has 1 atom stereocenters. The van der Waals surface area contributed by atoms with Gasteiger partial charge < -0.3 is 9.47 Å². The number of nitrogens with one attached hydrogen (secondary N) is 1. The SMILES string of the molecule is COc1cc(OC)cc(N2C(=O)CC(N(NC(=O)c3ccc(C(C)(C)C)cc3)C(C)=O)C2=O)c1. The Kier molecular flexibility index (Phi) is 6.95. The van der Waals surface area contributed by atoms with E-state index in [4.69, 9.17) is 9.47 Å². The van der Waals surface area contributed by atoms with Crippen molar-refractivity contribution in [3.63, 3.8) is 0 Å². The first kappa shape index (κ1) is 24.8. The van der Waals surface area contributed by atoms with Gasteiger partial charge in [0.25, 0.3) is 11.8 Å². The summed E-state index contributed by atoms with van der Waals surface area (Å²) in [5, 5.41) is 0.914. The quantitative estimate of drug-likeness (QED) is 0.536. The second-order valence-electron chi connectivity index (χ2n) is 9.02. The molecular weight excluding hydrogens is 438 g/mol. The first-order chi connectivity index (χ1) is 16.0. The summed E-state index contributed by atoms with van der Waals surface area (Å²) in [5.74, 6) is -1.49. The monoisotopic (exact) mass is 467 g/mol. The minimum absolute atomic E-state index is 0.0800. The van der Waals surface area contributed by atoms with Gasteiger partial charge in [-0.25, -0.2) is 9.91 Å². The van der Waals surface area contributed by atoms with Crippen molar-refractivity contribution < 1.29 is 28.7 Å². The summed E-state index contributed by atoms with van der Waals surface area (Å²) in [6.07, 6.45) is -0.277. The van der Waals surface area contributed by atoms with Crippen LogP contribution < -0.4 is 19.8 Å². The lowest BCUT2D eigenvalue weighted by atomic mass is 9.87. The third-order valence-corrected chi connectivity index (χ3v) is 5.60. The van der Waals surface area contributed by atoms with E-state index in [0.29, 0.717) is 17.1 Å². The summed E-state index contributed by atoms with van der Waals surface area (Å²) in [6.45, 7) is 7.40. The Morgan fingerprint density at radius 1 is 1.00 bits per heavy atom. The van der Waals surface area contributed by atoms with Crippen molar-refractivity contribution in [1.82, 2.24) is 10.4 Å². The fourth-order valence-electron chi connectivity index (χ4n) is 3.68. The zero-order chi connectivity index (χ0) is 25.2. The van der Waals surface area contributed by atoms with Gasteiger partial charge in [-0.1, -0.05) is 32.9 Å². The van der Waals surface area contributed by atoms with Crippen LogP contribution in [0.4, 0.5) is 5.69 Å². The predicted molar refractivity (Wildman–Crippen MR) is 126 cm³/mol. The topological polar surface area (TPSA) is 105 Å². The maximum absolute atomic E-state index is 13.2. The lowest BCUT2D eigenvalue weighted by molar-refractivity contribution is -0.139. The molecule has 2 aromatic rings. The van der Waals surface area contributed by atoms with E-state index in [9.17, 15) is 19.2 Å². The summed E-state index contributed by atoms with van der Waals surface area (Å²) in [6, 6.07) is 10.5. The van der Waals surface area contributed by atoms with Gasteiger partial charge in [-0.3, -0.25) is 24.6 Å². The van der Waals surface area contributed by atoms with Crippen LogP contribution in [0.15, 0.2) is 42.5 Å². The van der Waals surface area contributed by atoms with E-state index in [1.54, 1.807) is 18.2 Å². The van der Waals surface area contributed by atoms with E-state index < -0.39 is 29.7 Å². The average Bonchev–Trinajstić information content (AvgIpc) is 3.09. The van der Waals surface area contributed by atoms with Crippen LogP contribution in [-0.4, -0.2) is 48.9 Å². The molecule has 0 aliphatic carbocycles. The third-order valence-electron chi connectivity index (χ3n) is 5.60. The number of rotatable bonds is 5. The largest absolute Gasteiger partial charge is 0.497 e. The lowest BCUT2D eigenvalue weighted by Crippen LogP contribution is -2.54. The highest BCUT2D eigenvalue weighted by Crippen LogP contribution is 2.32. The molecule has 1 aliphatic heterocycles. The van der Waals surface area contributed by atoms with Crippen molar-refractivity contribution in [2.24, 2.45) is 0 Å². The molecule has 1 unspecified atom stereocenters. The molecule has 1 N–H and O–H groups in total. The van der Waals surface area contributed by atoms with E-state index in [2.05, 4.69) is 26.2 Å². The van der Waals surface area contributed by atoms with Gasteiger partial charge in [-0.2, -0.15) is 0 Å². The molecule has 1 fully saturated rings. The Hall–Kier alpha value is -3.88. The molecule has 34 heavy (non-hydrogen) atoms. The smallest absolute Gasteiger partial charge is 0.269 e. The highest BCUT2D eigenvalue weighted by molar-refractivity contribution is 6.23. The summed E-state index contributed by atoms with van der Waals surface area (Å²) >= 11 is 0. The van der Waals surface area contributed by atoms with Crippen molar-refractivity contribution in [3.05, 3.63) is 53.6 Å². The molecule has 1 aliphatic rings. The zero-order valence-electron chi connectivity index (χ0n) is 20.2. The number of benzene rings is 2. The fraction of sp³-hybridized carbons (Fsp3) is 0.360. The molecule has 180 valence electrons. The number of imide groups is 1. The van der Waals surface area contributed by atoms with Crippen LogP contribution in [0.2, 0.25) is 0 Å².